The first-order valence-corrected chi connectivity index (χ1v) is 8.91. The highest BCUT2D eigenvalue weighted by molar-refractivity contribution is 14.0. The van der Waals surface area contributed by atoms with Gasteiger partial charge >= 0.3 is 0 Å². The van der Waals surface area contributed by atoms with Gasteiger partial charge in [-0.2, -0.15) is 0 Å². The van der Waals surface area contributed by atoms with Crippen molar-refractivity contribution in [2.75, 3.05) is 20.1 Å². The molecule has 0 fully saturated rings. The summed E-state index contributed by atoms with van der Waals surface area (Å²) in [5, 5.41) is 9.33. The van der Waals surface area contributed by atoms with E-state index in [0.29, 0.717) is 31.2 Å². The molecule has 7 heteroatoms. The van der Waals surface area contributed by atoms with E-state index in [9.17, 15) is 4.79 Å². The molecule has 2 aromatic carbocycles. The first-order chi connectivity index (χ1) is 12.1. The van der Waals surface area contributed by atoms with Gasteiger partial charge in [-0.15, -0.1) is 24.0 Å². The van der Waals surface area contributed by atoms with Crippen molar-refractivity contribution in [2.45, 2.75) is 13.5 Å². The lowest BCUT2D eigenvalue weighted by Gasteiger charge is -2.13. The van der Waals surface area contributed by atoms with Crippen LogP contribution in [0.15, 0.2) is 58.0 Å². The fourth-order valence-electron chi connectivity index (χ4n) is 2.32. The van der Waals surface area contributed by atoms with E-state index in [-0.39, 0.29) is 29.9 Å². The SMILES string of the molecule is CN=C(NCCNC(=O)c1cccc(Br)c1)NCc1cccc(C)c1.I. The molecule has 0 radical (unpaired) electrons. The van der Waals surface area contributed by atoms with Gasteiger partial charge in [-0.1, -0.05) is 51.8 Å². The van der Waals surface area contributed by atoms with E-state index >= 15 is 0 Å². The number of nitrogens with zero attached hydrogens (tertiary/aromatic N) is 1. The number of nitrogens with one attached hydrogen (secondary N) is 3. The number of rotatable bonds is 6. The van der Waals surface area contributed by atoms with Gasteiger partial charge in [0.25, 0.3) is 5.91 Å². The highest BCUT2D eigenvalue weighted by atomic mass is 127. The number of aryl methyl sites for hydroxylation is 1. The summed E-state index contributed by atoms with van der Waals surface area (Å²) in [6.45, 7) is 3.88. The molecule has 0 saturated heterocycles. The smallest absolute Gasteiger partial charge is 0.251 e. The van der Waals surface area contributed by atoms with E-state index < -0.39 is 0 Å². The molecular weight excluding hydrogens is 507 g/mol. The van der Waals surface area contributed by atoms with Crippen LogP contribution in [0.5, 0.6) is 0 Å². The molecule has 0 aromatic heterocycles. The van der Waals surface area contributed by atoms with Gasteiger partial charge in [0.15, 0.2) is 5.96 Å². The van der Waals surface area contributed by atoms with Crippen LogP contribution < -0.4 is 16.0 Å². The zero-order valence-corrected chi connectivity index (χ0v) is 18.8. The summed E-state index contributed by atoms with van der Waals surface area (Å²) in [6.07, 6.45) is 0. The Kier molecular flexibility index (Phi) is 10.3. The van der Waals surface area contributed by atoms with Crippen LogP contribution in [0.2, 0.25) is 0 Å². The van der Waals surface area contributed by atoms with Crippen molar-refractivity contribution in [1.82, 2.24) is 16.0 Å². The van der Waals surface area contributed by atoms with Crippen molar-refractivity contribution >= 4 is 51.8 Å². The molecule has 0 saturated carbocycles. The maximum Gasteiger partial charge on any atom is 0.251 e. The standard InChI is InChI=1S/C19H23BrN4O.HI/c1-14-5-3-6-15(11-14)13-24-19(21-2)23-10-9-22-18(25)16-7-4-8-17(20)12-16;/h3-8,11-12H,9-10,13H2,1-2H3,(H,22,25)(H2,21,23,24);1H. The highest BCUT2D eigenvalue weighted by Crippen LogP contribution is 2.11. The van der Waals surface area contributed by atoms with Crippen molar-refractivity contribution in [3.05, 3.63) is 69.7 Å². The molecule has 5 nitrogen and oxygen atoms in total. The number of amides is 1. The third-order valence-electron chi connectivity index (χ3n) is 3.56. The molecule has 2 rings (SSSR count). The first kappa shape index (κ1) is 22.4. The predicted octanol–water partition coefficient (Wildman–Crippen LogP) is 3.47. The van der Waals surface area contributed by atoms with Crippen LogP contribution in [0, 0.1) is 6.92 Å². The van der Waals surface area contributed by atoms with Gasteiger partial charge in [0, 0.05) is 36.7 Å². The second-order valence-electron chi connectivity index (χ2n) is 5.61. The third kappa shape index (κ3) is 7.74. The Labute approximate surface area is 180 Å². The molecule has 140 valence electrons. The van der Waals surface area contributed by atoms with Crippen molar-refractivity contribution in [2.24, 2.45) is 4.99 Å². The van der Waals surface area contributed by atoms with Crippen molar-refractivity contribution < 1.29 is 4.79 Å². The molecule has 0 unspecified atom stereocenters. The quantitative estimate of drug-likeness (QED) is 0.232. The lowest BCUT2D eigenvalue weighted by Crippen LogP contribution is -2.41. The number of carbonyl (C=O) groups excluding carboxylic acids is 1. The highest BCUT2D eigenvalue weighted by Gasteiger charge is 2.05. The summed E-state index contributed by atoms with van der Waals surface area (Å²) in [6, 6.07) is 15.6. The number of hydrogen-bond acceptors (Lipinski definition) is 2. The molecule has 0 atom stereocenters. The van der Waals surface area contributed by atoms with Gasteiger partial charge in [0.1, 0.15) is 0 Å². The molecule has 0 bridgehead atoms. The van der Waals surface area contributed by atoms with Crippen molar-refractivity contribution in [1.29, 1.82) is 0 Å². The molecule has 1 amide bonds. The first-order valence-electron chi connectivity index (χ1n) is 8.12. The molecular formula is C19H24BrIN4O. The van der Waals surface area contributed by atoms with Crippen LogP contribution in [0.1, 0.15) is 21.5 Å². The molecule has 0 spiro atoms. The minimum absolute atomic E-state index is 0. The minimum atomic E-state index is -0.0918. The normalized spacial score (nSPS) is 10.7. The third-order valence-corrected chi connectivity index (χ3v) is 4.05. The van der Waals surface area contributed by atoms with E-state index in [0.717, 1.165) is 4.47 Å². The van der Waals surface area contributed by atoms with Crippen molar-refractivity contribution in [3.63, 3.8) is 0 Å². The molecule has 0 aliphatic carbocycles. The maximum absolute atomic E-state index is 12.0. The average molecular weight is 531 g/mol. The summed E-state index contributed by atoms with van der Waals surface area (Å²) in [7, 11) is 1.73. The summed E-state index contributed by atoms with van der Waals surface area (Å²) in [5.74, 6) is 0.615. The van der Waals surface area contributed by atoms with E-state index in [1.54, 1.807) is 19.2 Å². The molecule has 0 aliphatic rings. The zero-order chi connectivity index (χ0) is 18.1. The van der Waals surface area contributed by atoms with E-state index in [1.807, 2.05) is 18.2 Å². The van der Waals surface area contributed by atoms with Crippen LogP contribution in [0.3, 0.4) is 0 Å². The fourth-order valence-corrected chi connectivity index (χ4v) is 2.72. The largest absolute Gasteiger partial charge is 0.355 e. The zero-order valence-electron chi connectivity index (χ0n) is 14.9. The Morgan fingerprint density at radius 1 is 1.04 bits per heavy atom. The maximum atomic E-state index is 12.0. The minimum Gasteiger partial charge on any atom is -0.355 e. The summed E-state index contributed by atoms with van der Waals surface area (Å²) in [4.78, 5) is 16.2. The number of benzene rings is 2. The van der Waals surface area contributed by atoms with Gasteiger partial charge in [-0.25, -0.2) is 0 Å². The number of aliphatic imine (C=N–C) groups is 1. The van der Waals surface area contributed by atoms with Gasteiger partial charge in [0.2, 0.25) is 0 Å². The molecule has 0 heterocycles. The van der Waals surface area contributed by atoms with Gasteiger partial charge in [0.05, 0.1) is 0 Å². The van der Waals surface area contributed by atoms with E-state index in [1.165, 1.54) is 11.1 Å². The predicted molar refractivity (Wildman–Crippen MR) is 121 cm³/mol. The van der Waals surface area contributed by atoms with Crippen LogP contribution in [0.25, 0.3) is 0 Å². The Balaban J connectivity index is 0.00000338. The van der Waals surface area contributed by atoms with Gasteiger partial charge in [-0.3, -0.25) is 9.79 Å². The Morgan fingerprint density at radius 3 is 2.46 bits per heavy atom. The fraction of sp³-hybridized carbons (Fsp3) is 0.263. The number of hydrogen-bond donors (Lipinski definition) is 3. The van der Waals surface area contributed by atoms with Crippen molar-refractivity contribution in [3.8, 4) is 0 Å². The Morgan fingerprint density at radius 2 is 1.77 bits per heavy atom. The molecule has 0 aliphatic heterocycles. The summed E-state index contributed by atoms with van der Waals surface area (Å²) < 4.78 is 0.888. The number of carbonyl (C=O) groups is 1. The second-order valence-corrected chi connectivity index (χ2v) is 6.52. The monoisotopic (exact) mass is 530 g/mol. The second kappa shape index (κ2) is 11.9. The lowest BCUT2D eigenvalue weighted by molar-refractivity contribution is 0.0954. The van der Waals surface area contributed by atoms with Gasteiger partial charge < -0.3 is 16.0 Å². The molecule has 26 heavy (non-hydrogen) atoms. The van der Waals surface area contributed by atoms with E-state index in [4.69, 9.17) is 0 Å². The van der Waals surface area contributed by atoms with Crippen LogP contribution in [-0.2, 0) is 6.54 Å². The Bertz CT molecular complexity index is 752. The summed E-state index contributed by atoms with van der Waals surface area (Å²) in [5.41, 5.74) is 3.07. The van der Waals surface area contributed by atoms with E-state index in [2.05, 4.69) is 62.0 Å². The molecule has 3 N–H and O–H groups in total. The number of halogens is 2. The molecule has 2 aromatic rings. The van der Waals surface area contributed by atoms with Gasteiger partial charge in [-0.05, 0) is 30.7 Å². The topological polar surface area (TPSA) is 65.5 Å². The lowest BCUT2D eigenvalue weighted by atomic mass is 10.1. The van der Waals surface area contributed by atoms with Crippen LogP contribution >= 0.6 is 39.9 Å². The van der Waals surface area contributed by atoms with Crippen LogP contribution in [-0.4, -0.2) is 32.0 Å². The van der Waals surface area contributed by atoms with Crippen LogP contribution in [0.4, 0.5) is 0 Å². The Hall–Kier alpha value is -1.61. The number of guanidine groups is 1. The average Bonchev–Trinajstić information content (AvgIpc) is 2.61. The summed E-state index contributed by atoms with van der Waals surface area (Å²) >= 11 is 3.37.